The van der Waals surface area contributed by atoms with Gasteiger partial charge in [-0.05, 0) is 30.7 Å². The molecular weight excluding hydrogens is 276 g/mol. The van der Waals surface area contributed by atoms with Crippen molar-refractivity contribution in [2.45, 2.75) is 13.0 Å². The Balaban J connectivity index is 1.89. The van der Waals surface area contributed by atoms with Crippen LogP contribution in [0.25, 0.3) is 11.1 Å². The highest BCUT2D eigenvalue weighted by molar-refractivity contribution is 7.11. The highest BCUT2D eigenvalue weighted by Crippen LogP contribution is 2.28. The van der Waals surface area contributed by atoms with Crippen molar-refractivity contribution in [2.75, 3.05) is 7.05 Å². The number of aryl methyl sites for hydroxylation is 1. The summed E-state index contributed by atoms with van der Waals surface area (Å²) in [6.07, 6.45) is 1.96. The van der Waals surface area contributed by atoms with Crippen molar-refractivity contribution in [2.24, 2.45) is 0 Å². The number of nitrogens with zero attached hydrogens (tertiary/aromatic N) is 1. The van der Waals surface area contributed by atoms with Gasteiger partial charge in [-0.25, -0.2) is 4.98 Å². The molecule has 3 rings (SSSR count). The van der Waals surface area contributed by atoms with Crippen LogP contribution in [0, 0.1) is 6.92 Å². The van der Waals surface area contributed by atoms with E-state index < -0.39 is 0 Å². The van der Waals surface area contributed by atoms with E-state index in [9.17, 15) is 0 Å². The molecule has 0 bridgehead atoms. The lowest BCUT2D eigenvalue weighted by atomic mass is 10.0. The van der Waals surface area contributed by atoms with Crippen molar-refractivity contribution < 1.29 is 0 Å². The highest BCUT2D eigenvalue weighted by atomic mass is 32.1. The summed E-state index contributed by atoms with van der Waals surface area (Å²) in [5.41, 5.74) is 3.76. The fourth-order valence-corrected chi connectivity index (χ4v) is 3.41. The van der Waals surface area contributed by atoms with Crippen molar-refractivity contribution in [3.63, 3.8) is 0 Å². The lowest BCUT2D eigenvalue weighted by Crippen LogP contribution is -2.16. The Morgan fingerprint density at radius 2 is 1.62 bits per heavy atom. The highest BCUT2D eigenvalue weighted by Gasteiger charge is 2.14. The van der Waals surface area contributed by atoms with Crippen LogP contribution in [0.5, 0.6) is 0 Å². The second kappa shape index (κ2) is 6.20. The maximum Gasteiger partial charge on any atom is 0.0897 e. The van der Waals surface area contributed by atoms with Crippen LogP contribution in [0.15, 0.2) is 60.8 Å². The third-order valence-corrected chi connectivity index (χ3v) is 4.54. The molecule has 0 fully saturated rings. The standard InChI is InChI=1S/C18H18N2S/c1-13-20-12-17(21-13)18(19-2)16-10-8-15(9-11-16)14-6-4-3-5-7-14/h3-12,18-19H,1-2H3. The molecular formula is C18H18N2S. The molecule has 0 spiro atoms. The molecule has 0 saturated heterocycles. The van der Waals surface area contributed by atoms with Crippen LogP contribution < -0.4 is 5.32 Å². The van der Waals surface area contributed by atoms with Gasteiger partial charge in [-0.15, -0.1) is 11.3 Å². The molecule has 0 amide bonds. The fraction of sp³-hybridized carbons (Fsp3) is 0.167. The minimum absolute atomic E-state index is 0.209. The molecule has 3 aromatic rings. The van der Waals surface area contributed by atoms with E-state index in [0.717, 1.165) is 5.01 Å². The number of benzene rings is 2. The molecule has 1 atom stereocenters. The van der Waals surface area contributed by atoms with Crippen LogP contribution in [0.4, 0.5) is 0 Å². The van der Waals surface area contributed by atoms with Crippen LogP contribution in [-0.2, 0) is 0 Å². The first kappa shape index (κ1) is 14.0. The molecule has 106 valence electrons. The van der Waals surface area contributed by atoms with Crippen LogP contribution in [-0.4, -0.2) is 12.0 Å². The molecule has 1 aromatic heterocycles. The normalized spacial score (nSPS) is 12.3. The molecule has 21 heavy (non-hydrogen) atoms. The van der Waals surface area contributed by atoms with E-state index in [0.29, 0.717) is 0 Å². The number of nitrogens with one attached hydrogen (secondary N) is 1. The first-order valence-electron chi connectivity index (χ1n) is 7.03. The van der Waals surface area contributed by atoms with Crippen LogP contribution >= 0.6 is 11.3 Å². The van der Waals surface area contributed by atoms with Gasteiger partial charge in [0.25, 0.3) is 0 Å². The third kappa shape index (κ3) is 3.04. The minimum atomic E-state index is 0.209. The van der Waals surface area contributed by atoms with E-state index in [1.54, 1.807) is 11.3 Å². The fourth-order valence-electron chi connectivity index (χ4n) is 2.48. The predicted octanol–water partition coefficient (Wildman–Crippen LogP) is 4.43. The average molecular weight is 294 g/mol. The Hall–Kier alpha value is -1.97. The number of hydrogen-bond acceptors (Lipinski definition) is 3. The van der Waals surface area contributed by atoms with E-state index in [4.69, 9.17) is 0 Å². The average Bonchev–Trinajstić information content (AvgIpc) is 2.96. The summed E-state index contributed by atoms with van der Waals surface area (Å²) < 4.78 is 0. The maximum atomic E-state index is 4.35. The second-order valence-corrected chi connectivity index (χ2v) is 6.26. The van der Waals surface area contributed by atoms with Gasteiger partial charge in [0, 0.05) is 11.1 Å². The molecule has 3 heteroatoms. The van der Waals surface area contributed by atoms with E-state index in [1.165, 1.54) is 21.6 Å². The topological polar surface area (TPSA) is 24.9 Å². The summed E-state index contributed by atoms with van der Waals surface area (Å²) in [6.45, 7) is 2.04. The number of hydrogen-bond donors (Lipinski definition) is 1. The van der Waals surface area contributed by atoms with E-state index in [-0.39, 0.29) is 6.04 Å². The summed E-state index contributed by atoms with van der Waals surface area (Å²) in [5, 5.41) is 4.48. The smallest absolute Gasteiger partial charge is 0.0897 e. The zero-order valence-corrected chi connectivity index (χ0v) is 13.0. The van der Waals surface area contributed by atoms with Gasteiger partial charge in [-0.3, -0.25) is 0 Å². The molecule has 0 aliphatic carbocycles. The van der Waals surface area contributed by atoms with Gasteiger partial charge in [0.2, 0.25) is 0 Å². The summed E-state index contributed by atoms with van der Waals surface area (Å²) >= 11 is 1.74. The summed E-state index contributed by atoms with van der Waals surface area (Å²) in [4.78, 5) is 5.61. The largest absolute Gasteiger partial charge is 0.309 e. The van der Waals surface area contributed by atoms with Crippen LogP contribution in [0.2, 0.25) is 0 Å². The van der Waals surface area contributed by atoms with Crippen molar-refractivity contribution in [1.82, 2.24) is 10.3 Å². The first-order valence-corrected chi connectivity index (χ1v) is 7.84. The van der Waals surface area contributed by atoms with Gasteiger partial charge in [0.1, 0.15) is 0 Å². The zero-order valence-electron chi connectivity index (χ0n) is 12.2. The summed E-state index contributed by atoms with van der Waals surface area (Å²) in [5.74, 6) is 0. The van der Waals surface area contributed by atoms with Crippen molar-refractivity contribution in [3.8, 4) is 11.1 Å². The lowest BCUT2D eigenvalue weighted by molar-refractivity contribution is 0.702. The van der Waals surface area contributed by atoms with E-state index >= 15 is 0 Å². The van der Waals surface area contributed by atoms with Gasteiger partial charge in [0.15, 0.2) is 0 Å². The number of aromatic nitrogens is 1. The third-order valence-electron chi connectivity index (χ3n) is 3.56. The van der Waals surface area contributed by atoms with Crippen molar-refractivity contribution >= 4 is 11.3 Å². The van der Waals surface area contributed by atoms with Crippen LogP contribution in [0.3, 0.4) is 0 Å². The zero-order chi connectivity index (χ0) is 14.7. The van der Waals surface area contributed by atoms with Gasteiger partial charge >= 0.3 is 0 Å². The van der Waals surface area contributed by atoms with Gasteiger partial charge < -0.3 is 5.32 Å². The summed E-state index contributed by atoms with van der Waals surface area (Å²) in [6, 6.07) is 19.4. The Bertz CT molecular complexity index is 702. The van der Waals surface area contributed by atoms with Gasteiger partial charge in [0.05, 0.1) is 11.0 Å². The Labute approximate surface area is 129 Å². The van der Waals surface area contributed by atoms with Gasteiger partial charge in [-0.2, -0.15) is 0 Å². The van der Waals surface area contributed by atoms with Gasteiger partial charge in [-0.1, -0.05) is 54.6 Å². The monoisotopic (exact) mass is 294 g/mol. The second-order valence-electron chi connectivity index (χ2n) is 4.99. The molecule has 0 aliphatic heterocycles. The molecule has 2 aromatic carbocycles. The van der Waals surface area contributed by atoms with Crippen LogP contribution in [0.1, 0.15) is 21.5 Å². The molecule has 0 radical (unpaired) electrons. The lowest BCUT2D eigenvalue weighted by Gasteiger charge is -2.15. The molecule has 1 heterocycles. The Morgan fingerprint density at radius 3 is 2.19 bits per heavy atom. The van der Waals surface area contributed by atoms with Crippen molar-refractivity contribution in [3.05, 3.63) is 76.2 Å². The molecule has 0 aliphatic rings. The SMILES string of the molecule is CNC(c1ccc(-c2ccccc2)cc1)c1cnc(C)s1. The number of thiazole rings is 1. The quantitative estimate of drug-likeness (QED) is 0.770. The minimum Gasteiger partial charge on any atom is -0.309 e. The predicted molar refractivity (Wildman–Crippen MR) is 89.6 cm³/mol. The number of rotatable bonds is 4. The molecule has 0 saturated carbocycles. The Kier molecular flexibility index (Phi) is 4.13. The maximum absolute atomic E-state index is 4.35. The van der Waals surface area contributed by atoms with E-state index in [2.05, 4.69) is 58.8 Å². The molecule has 1 unspecified atom stereocenters. The van der Waals surface area contributed by atoms with E-state index in [1.807, 2.05) is 26.2 Å². The summed E-state index contributed by atoms with van der Waals surface area (Å²) in [7, 11) is 1.99. The molecule has 1 N–H and O–H groups in total. The van der Waals surface area contributed by atoms with Crippen molar-refractivity contribution in [1.29, 1.82) is 0 Å². The molecule has 2 nitrogen and oxygen atoms in total. The first-order chi connectivity index (χ1) is 10.3. The Morgan fingerprint density at radius 1 is 0.952 bits per heavy atom.